The molecule has 1 aromatic rings. The number of benzene rings is 1. The summed E-state index contributed by atoms with van der Waals surface area (Å²) in [5.74, 6) is 4.45. The summed E-state index contributed by atoms with van der Waals surface area (Å²) in [6.45, 7) is -0.0730. The average Bonchev–Trinajstić information content (AvgIpc) is 2.36. The van der Waals surface area contributed by atoms with Crippen LogP contribution < -0.4 is 5.32 Å². The van der Waals surface area contributed by atoms with Crippen LogP contribution in [0.5, 0.6) is 0 Å². The topological polar surface area (TPSA) is 49.3 Å². The number of nitrogens with one attached hydrogen (secondary N) is 1. The number of carbonyl (C=O) groups excluding carboxylic acids is 1. The maximum atomic E-state index is 12.0. The Hall–Kier alpha value is -2.00. The first kappa shape index (κ1) is 16.1. The molecule has 0 heterocycles. The van der Waals surface area contributed by atoms with E-state index >= 15 is 0 Å². The van der Waals surface area contributed by atoms with Gasteiger partial charge in [-0.25, -0.2) is 0 Å². The third-order valence-electron chi connectivity index (χ3n) is 2.31. The molecule has 0 radical (unpaired) electrons. The van der Waals surface area contributed by atoms with Crippen LogP contribution in [0.1, 0.15) is 24.0 Å². The van der Waals surface area contributed by atoms with Crippen LogP contribution in [0.15, 0.2) is 24.3 Å². The Labute approximate surface area is 114 Å². The molecule has 0 fully saturated rings. The molecule has 1 amide bonds. The lowest BCUT2D eigenvalue weighted by Gasteiger charge is -2.09. The van der Waals surface area contributed by atoms with Gasteiger partial charge < -0.3 is 10.4 Å². The maximum Gasteiger partial charge on any atom is 0.397 e. The van der Waals surface area contributed by atoms with Crippen LogP contribution in [0, 0.1) is 11.8 Å². The Morgan fingerprint density at radius 2 is 2.00 bits per heavy atom. The van der Waals surface area contributed by atoms with Crippen molar-refractivity contribution in [2.24, 2.45) is 0 Å². The third kappa shape index (κ3) is 6.25. The predicted octanol–water partition coefficient (Wildman–Crippen LogP) is 1.99. The van der Waals surface area contributed by atoms with E-state index in [1.165, 1.54) is 0 Å². The normalized spacial score (nSPS) is 10.6. The number of alkyl halides is 3. The van der Waals surface area contributed by atoms with E-state index in [0.29, 0.717) is 17.5 Å². The molecule has 0 unspecified atom stereocenters. The second-order valence-electron chi connectivity index (χ2n) is 4.00. The van der Waals surface area contributed by atoms with Gasteiger partial charge in [0.25, 0.3) is 0 Å². The van der Waals surface area contributed by atoms with E-state index in [1.54, 1.807) is 24.3 Å². The lowest BCUT2D eigenvalue weighted by Crippen LogP contribution is -2.28. The number of halogens is 3. The first-order valence-electron chi connectivity index (χ1n) is 5.93. The van der Waals surface area contributed by atoms with E-state index in [4.69, 9.17) is 5.11 Å². The van der Waals surface area contributed by atoms with Crippen LogP contribution in [-0.4, -0.2) is 23.8 Å². The van der Waals surface area contributed by atoms with Gasteiger partial charge in [-0.3, -0.25) is 4.79 Å². The predicted molar refractivity (Wildman–Crippen MR) is 67.5 cm³/mol. The molecule has 108 valence electrons. The molecule has 0 aliphatic carbocycles. The number of hydrogen-bond donors (Lipinski definition) is 2. The van der Waals surface area contributed by atoms with Gasteiger partial charge in [0.15, 0.2) is 0 Å². The highest BCUT2D eigenvalue weighted by atomic mass is 19.4. The van der Waals surface area contributed by atoms with Crippen molar-refractivity contribution in [2.75, 3.05) is 6.61 Å². The smallest absolute Gasteiger partial charge is 0.395 e. The lowest BCUT2D eigenvalue weighted by atomic mass is 10.1. The summed E-state index contributed by atoms with van der Waals surface area (Å²) in [4.78, 5) is 11.1. The van der Waals surface area contributed by atoms with Gasteiger partial charge in [-0.15, -0.1) is 0 Å². The molecule has 1 rings (SSSR count). The fraction of sp³-hybridized carbons (Fsp3) is 0.357. The van der Waals surface area contributed by atoms with E-state index in [9.17, 15) is 18.0 Å². The molecular weight excluding hydrogens is 271 g/mol. The van der Waals surface area contributed by atoms with Crippen LogP contribution in [0.3, 0.4) is 0 Å². The van der Waals surface area contributed by atoms with Gasteiger partial charge in [-0.2, -0.15) is 13.2 Å². The second-order valence-corrected chi connectivity index (χ2v) is 4.00. The summed E-state index contributed by atoms with van der Waals surface area (Å²) in [5, 5.41) is 10.8. The largest absolute Gasteiger partial charge is 0.397 e. The highest BCUT2D eigenvalue weighted by Crippen LogP contribution is 2.19. The van der Waals surface area contributed by atoms with Crippen LogP contribution in [-0.2, 0) is 11.3 Å². The molecule has 1 aromatic carbocycles. The average molecular weight is 285 g/mol. The van der Waals surface area contributed by atoms with E-state index in [0.717, 1.165) is 0 Å². The van der Waals surface area contributed by atoms with Crippen molar-refractivity contribution in [1.82, 2.24) is 5.32 Å². The molecule has 0 atom stereocenters. The highest BCUT2D eigenvalue weighted by Gasteiger charge is 2.30. The Balaban J connectivity index is 2.65. The SMILES string of the molecule is O=C(CC(F)(F)F)NCc1ccccc1C#CCCO. The quantitative estimate of drug-likeness (QED) is 0.831. The zero-order valence-corrected chi connectivity index (χ0v) is 10.6. The highest BCUT2D eigenvalue weighted by molar-refractivity contribution is 5.76. The third-order valence-corrected chi connectivity index (χ3v) is 2.31. The van der Waals surface area contributed by atoms with Crippen molar-refractivity contribution in [2.45, 2.75) is 25.6 Å². The van der Waals surface area contributed by atoms with Crippen molar-refractivity contribution in [3.8, 4) is 11.8 Å². The molecule has 0 spiro atoms. The van der Waals surface area contributed by atoms with Gasteiger partial charge >= 0.3 is 6.18 Å². The minimum Gasteiger partial charge on any atom is -0.395 e. The van der Waals surface area contributed by atoms with Crippen LogP contribution in [0.2, 0.25) is 0 Å². The number of aliphatic hydroxyl groups excluding tert-OH is 1. The molecule has 3 nitrogen and oxygen atoms in total. The van der Waals surface area contributed by atoms with E-state index in [1.807, 2.05) is 0 Å². The van der Waals surface area contributed by atoms with E-state index < -0.39 is 18.5 Å². The molecule has 0 saturated carbocycles. The standard InChI is InChI=1S/C14H14F3NO2/c15-14(16,17)9-13(20)18-10-12-7-2-1-5-11(12)6-3-4-8-19/h1-2,5,7,19H,4,8-10H2,(H,18,20). The fourth-order valence-electron chi connectivity index (χ4n) is 1.45. The molecule has 0 bridgehead atoms. The van der Waals surface area contributed by atoms with Crippen molar-refractivity contribution in [3.63, 3.8) is 0 Å². The Morgan fingerprint density at radius 1 is 1.30 bits per heavy atom. The summed E-state index contributed by atoms with van der Waals surface area (Å²) >= 11 is 0. The number of rotatable bonds is 4. The summed E-state index contributed by atoms with van der Waals surface area (Å²) in [6.07, 6.45) is -5.69. The maximum absolute atomic E-state index is 12.0. The molecule has 6 heteroatoms. The first-order valence-corrected chi connectivity index (χ1v) is 5.93. The summed E-state index contributed by atoms with van der Waals surface area (Å²) < 4.78 is 36.0. The van der Waals surface area contributed by atoms with Gasteiger partial charge in [-0.05, 0) is 11.6 Å². The Bertz CT molecular complexity index is 515. The molecule has 2 N–H and O–H groups in total. The Kier molecular flexibility index (Phi) is 6.07. The van der Waals surface area contributed by atoms with Gasteiger partial charge in [0.1, 0.15) is 6.42 Å². The van der Waals surface area contributed by atoms with Crippen molar-refractivity contribution >= 4 is 5.91 Å². The summed E-state index contributed by atoms with van der Waals surface area (Å²) in [7, 11) is 0. The second kappa shape index (κ2) is 7.56. The van der Waals surface area contributed by atoms with Crippen molar-refractivity contribution in [3.05, 3.63) is 35.4 Å². The number of hydrogen-bond acceptors (Lipinski definition) is 2. The lowest BCUT2D eigenvalue weighted by molar-refractivity contribution is -0.153. The molecule has 20 heavy (non-hydrogen) atoms. The summed E-state index contributed by atoms with van der Waals surface area (Å²) in [5.41, 5.74) is 1.25. The molecule has 0 saturated heterocycles. The zero-order chi connectivity index (χ0) is 15.0. The monoisotopic (exact) mass is 285 g/mol. The van der Waals surface area contributed by atoms with Crippen LogP contribution >= 0.6 is 0 Å². The van der Waals surface area contributed by atoms with Crippen molar-refractivity contribution in [1.29, 1.82) is 0 Å². The Morgan fingerprint density at radius 3 is 2.65 bits per heavy atom. The summed E-state index contributed by atoms with van der Waals surface area (Å²) in [6, 6.07) is 6.83. The van der Waals surface area contributed by atoms with Crippen LogP contribution in [0.25, 0.3) is 0 Å². The number of amides is 1. The fourth-order valence-corrected chi connectivity index (χ4v) is 1.45. The number of carbonyl (C=O) groups is 1. The van der Waals surface area contributed by atoms with Crippen LogP contribution in [0.4, 0.5) is 13.2 Å². The minimum atomic E-state index is -4.51. The molecule has 0 aliphatic rings. The molecule has 0 aromatic heterocycles. The first-order chi connectivity index (χ1) is 9.42. The van der Waals surface area contributed by atoms with E-state index in [2.05, 4.69) is 17.2 Å². The van der Waals surface area contributed by atoms with Gasteiger partial charge in [0, 0.05) is 18.5 Å². The molecular formula is C14H14F3NO2. The molecule has 0 aliphatic heterocycles. The van der Waals surface area contributed by atoms with Crippen molar-refractivity contribution < 1.29 is 23.1 Å². The van der Waals surface area contributed by atoms with Gasteiger partial charge in [0.05, 0.1) is 6.61 Å². The van der Waals surface area contributed by atoms with E-state index in [-0.39, 0.29) is 13.2 Å². The minimum absolute atomic E-state index is 0.0150. The van der Waals surface area contributed by atoms with Gasteiger partial charge in [-0.1, -0.05) is 30.0 Å². The van der Waals surface area contributed by atoms with Gasteiger partial charge in [0.2, 0.25) is 5.91 Å². The zero-order valence-electron chi connectivity index (χ0n) is 10.6. The number of aliphatic hydroxyl groups is 1.